The van der Waals surface area contributed by atoms with Crippen LogP contribution < -0.4 is 4.74 Å². The molecule has 2 rings (SSSR count). The van der Waals surface area contributed by atoms with Crippen LogP contribution in [-0.2, 0) is 26.7 Å². The topological polar surface area (TPSA) is 52.6 Å². The molecule has 0 radical (unpaired) electrons. The van der Waals surface area contributed by atoms with Gasteiger partial charge in [0.15, 0.2) is 21.4 Å². The van der Waals surface area contributed by atoms with E-state index in [0.29, 0.717) is 29.9 Å². The molecule has 2 aromatic carbocycles. The van der Waals surface area contributed by atoms with Crippen molar-refractivity contribution in [3.05, 3.63) is 59.2 Å². The van der Waals surface area contributed by atoms with E-state index in [1.54, 1.807) is 25.1 Å². The highest BCUT2D eigenvalue weighted by Gasteiger charge is 2.33. The van der Waals surface area contributed by atoms with Gasteiger partial charge in [0.25, 0.3) is 0 Å². The molecule has 2 aromatic rings. The molecule has 0 atom stereocenters. The molecule has 0 amide bonds. The van der Waals surface area contributed by atoms with Crippen molar-refractivity contribution in [2.24, 2.45) is 5.41 Å². The van der Waals surface area contributed by atoms with Crippen LogP contribution in [0.4, 0.5) is 8.78 Å². The van der Waals surface area contributed by atoms with Crippen molar-refractivity contribution in [2.75, 3.05) is 12.4 Å². The summed E-state index contributed by atoms with van der Waals surface area (Å²) in [5.41, 5.74) is 0.844. The van der Waals surface area contributed by atoms with E-state index in [9.17, 15) is 17.2 Å². The third kappa shape index (κ3) is 7.01. The van der Waals surface area contributed by atoms with Crippen LogP contribution in [0, 0.1) is 17.0 Å². The van der Waals surface area contributed by atoms with Crippen molar-refractivity contribution >= 4 is 9.84 Å². The van der Waals surface area contributed by atoms with Gasteiger partial charge in [-0.25, -0.2) is 17.2 Å². The molecule has 0 aliphatic rings. The molecule has 172 valence electrons. The highest BCUT2D eigenvalue weighted by molar-refractivity contribution is 7.90. The number of halogens is 2. The average Bonchev–Trinajstić information content (AvgIpc) is 2.64. The minimum Gasteiger partial charge on any atom is -0.454 e. The van der Waals surface area contributed by atoms with Gasteiger partial charge in [-0.2, -0.15) is 0 Å². The second-order valence-corrected chi connectivity index (χ2v) is 11.5. The molecule has 7 heteroatoms. The first-order chi connectivity index (χ1) is 14.2. The molecule has 0 aliphatic heterocycles. The molecule has 0 saturated carbocycles. The zero-order valence-electron chi connectivity index (χ0n) is 19.1. The van der Waals surface area contributed by atoms with Crippen LogP contribution in [-0.4, -0.2) is 26.4 Å². The van der Waals surface area contributed by atoms with Crippen LogP contribution in [0.2, 0.25) is 0 Å². The van der Waals surface area contributed by atoms with Crippen LogP contribution in [0.1, 0.15) is 52.7 Å². The standard InChI is InChI=1S/C24H32F2O4S/c1-7-31(27,28)16-17-8-10-21(30-22-11-9-19(25)15-20(22)26)18(14-17)12-13-29-24(5,6)23(2,3)4/h8-11,14-15H,7,12-13,16H2,1-6H3. The fourth-order valence-electron chi connectivity index (χ4n) is 2.68. The van der Waals surface area contributed by atoms with Gasteiger partial charge >= 0.3 is 0 Å². The van der Waals surface area contributed by atoms with Gasteiger partial charge in [-0.05, 0) is 55.0 Å². The smallest absolute Gasteiger partial charge is 0.168 e. The molecular weight excluding hydrogens is 422 g/mol. The summed E-state index contributed by atoms with van der Waals surface area (Å²) in [6, 6.07) is 8.11. The van der Waals surface area contributed by atoms with Gasteiger partial charge < -0.3 is 9.47 Å². The Balaban J connectivity index is 2.31. The maximum atomic E-state index is 14.1. The van der Waals surface area contributed by atoms with E-state index in [4.69, 9.17) is 9.47 Å². The van der Waals surface area contributed by atoms with Crippen LogP contribution in [0.15, 0.2) is 36.4 Å². The molecule has 0 spiro atoms. The van der Waals surface area contributed by atoms with Crippen molar-refractivity contribution in [3.8, 4) is 11.5 Å². The SMILES string of the molecule is CCS(=O)(=O)Cc1ccc(Oc2ccc(F)cc2F)c(CCOC(C)(C)C(C)(C)C)c1. The quantitative estimate of drug-likeness (QED) is 0.461. The fourth-order valence-corrected chi connectivity index (χ4v) is 3.57. The second-order valence-electron chi connectivity index (χ2n) is 9.15. The summed E-state index contributed by atoms with van der Waals surface area (Å²) in [4.78, 5) is 0. The second kappa shape index (κ2) is 9.65. The normalized spacial score (nSPS) is 12.8. The average molecular weight is 455 g/mol. The van der Waals surface area contributed by atoms with Gasteiger partial charge in [-0.3, -0.25) is 0 Å². The molecule has 0 unspecified atom stereocenters. The van der Waals surface area contributed by atoms with E-state index in [1.807, 2.05) is 13.8 Å². The maximum Gasteiger partial charge on any atom is 0.168 e. The Kier molecular flexibility index (Phi) is 7.87. The number of hydrogen-bond donors (Lipinski definition) is 0. The van der Waals surface area contributed by atoms with Crippen LogP contribution >= 0.6 is 0 Å². The third-order valence-electron chi connectivity index (χ3n) is 5.71. The summed E-state index contributed by atoms with van der Waals surface area (Å²) in [5, 5.41) is 0. The molecule has 4 nitrogen and oxygen atoms in total. The Labute approximate surface area is 184 Å². The summed E-state index contributed by atoms with van der Waals surface area (Å²) < 4.78 is 63.2. The lowest BCUT2D eigenvalue weighted by atomic mass is 9.79. The minimum atomic E-state index is -3.21. The molecule has 31 heavy (non-hydrogen) atoms. The van der Waals surface area contributed by atoms with Crippen molar-refractivity contribution in [1.29, 1.82) is 0 Å². The molecular formula is C24H32F2O4S. The molecule has 0 N–H and O–H groups in total. The van der Waals surface area contributed by atoms with Crippen LogP contribution in [0.5, 0.6) is 11.5 Å². The van der Waals surface area contributed by atoms with Crippen molar-refractivity contribution < 1.29 is 26.7 Å². The zero-order chi connectivity index (χ0) is 23.4. The molecule has 0 heterocycles. The summed E-state index contributed by atoms with van der Waals surface area (Å²) in [7, 11) is -3.21. The highest BCUT2D eigenvalue weighted by atomic mass is 32.2. The monoisotopic (exact) mass is 454 g/mol. The van der Waals surface area contributed by atoms with Gasteiger partial charge in [-0.1, -0.05) is 39.8 Å². The first-order valence-corrected chi connectivity index (χ1v) is 12.2. The molecule has 0 saturated heterocycles. The van der Waals surface area contributed by atoms with Crippen molar-refractivity contribution in [1.82, 2.24) is 0 Å². The highest BCUT2D eigenvalue weighted by Crippen LogP contribution is 2.34. The Morgan fingerprint density at radius 2 is 1.58 bits per heavy atom. The first-order valence-electron chi connectivity index (χ1n) is 10.3. The van der Waals surface area contributed by atoms with E-state index in [1.165, 1.54) is 6.07 Å². The maximum absolute atomic E-state index is 14.1. The lowest BCUT2D eigenvalue weighted by Crippen LogP contribution is -2.40. The number of ether oxygens (including phenoxy) is 2. The van der Waals surface area contributed by atoms with Gasteiger partial charge in [0.05, 0.1) is 18.0 Å². The Morgan fingerprint density at radius 3 is 2.16 bits per heavy atom. The predicted molar refractivity (Wildman–Crippen MR) is 119 cm³/mol. The third-order valence-corrected chi connectivity index (χ3v) is 7.36. The Bertz CT molecular complexity index is 1010. The summed E-state index contributed by atoms with van der Waals surface area (Å²) in [5.74, 6) is -1.27. The van der Waals surface area contributed by atoms with E-state index in [0.717, 1.165) is 12.1 Å². The van der Waals surface area contributed by atoms with Gasteiger partial charge in [0.2, 0.25) is 0 Å². The Morgan fingerprint density at radius 1 is 0.935 bits per heavy atom. The van der Waals surface area contributed by atoms with E-state index in [-0.39, 0.29) is 28.3 Å². The molecule has 0 fully saturated rings. The van der Waals surface area contributed by atoms with Gasteiger partial charge in [0.1, 0.15) is 11.6 Å². The van der Waals surface area contributed by atoms with E-state index in [2.05, 4.69) is 20.8 Å². The molecule has 0 aromatic heterocycles. The van der Waals surface area contributed by atoms with E-state index < -0.39 is 21.5 Å². The molecule has 0 bridgehead atoms. The number of rotatable bonds is 9. The predicted octanol–water partition coefficient (Wildman–Crippen LogP) is 6.08. The van der Waals surface area contributed by atoms with Crippen LogP contribution in [0.25, 0.3) is 0 Å². The Hall–Kier alpha value is -1.99. The fraction of sp³-hybridized carbons (Fsp3) is 0.500. The summed E-state index contributed by atoms with van der Waals surface area (Å²) >= 11 is 0. The lowest BCUT2D eigenvalue weighted by Gasteiger charge is -2.38. The summed E-state index contributed by atoms with van der Waals surface area (Å²) in [6.45, 7) is 12.3. The number of hydrogen-bond acceptors (Lipinski definition) is 4. The summed E-state index contributed by atoms with van der Waals surface area (Å²) in [6.07, 6.45) is 0.442. The van der Waals surface area contributed by atoms with Crippen molar-refractivity contribution in [3.63, 3.8) is 0 Å². The van der Waals surface area contributed by atoms with Gasteiger partial charge in [0, 0.05) is 11.8 Å². The van der Waals surface area contributed by atoms with Crippen molar-refractivity contribution in [2.45, 2.75) is 59.3 Å². The van der Waals surface area contributed by atoms with Gasteiger partial charge in [-0.15, -0.1) is 0 Å². The van der Waals surface area contributed by atoms with E-state index >= 15 is 0 Å². The van der Waals surface area contributed by atoms with Crippen LogP contribution in [0.3, 0.4) is 0 Å². The first kappa shape index (κ1) is 25.3. The number of benzene rings is 2. The minimum absolute atomic E-state index is 0.0459. The number of sulfone groups is 1. The molecule has 0 aliphatic carbocycles. The lowest BCUT2D eigenvalue weighted by molar-refractivity contribution is -0.0891. The zero-order valence-corrected chi connectivity index (χ0v) is 19.9. The largest absolute Gasteiger partial charge is 0.454 e.